The lowest BCUT2D eigenvalue weighted by Crippen LogP contribution is -2.42. The van der Waals surface area contributed by atoms with E-state index in [0.717, 1.165) is 49.0 Å². The summed E-state index contributed by atoms with van der Waals surface area (Å²) in [6.07, 6.45) is 4.26. The number of benzene rings is 2. The number of furan rings is 1. The van der Waals surface area contributed by atoms with Gasteiger partial charge < -0.3 is 24.5 Å². The van der Waals surface area contributed by atoms with Gasteiger partial charge in [0.1, 0.15) is 17.3 Å². The first kappa shape index (κ1) is 20.8. The molecule has 1 unspecified atom stereocenters. The molecule has 6 heteroatoms. The molecule has 1 aliphatic heterocycles. The summed E-state index contributed by atoms with van der Waals surface area (Å²) in [7, 11) is 1.68. The highest BCUT2D eigenvalue weighted by molar-refractivity contribution is 5.80. The maximum absolute atomic E-state index is 5.80. The zero-order valence-corrected chi connectivity index (χ0v) is 17.8. The molecular formula is C25H29N3O3. The lowest BCUT2D eigenvalue weighted by atomic mass is 10.0. The third-order valence-corrected chi connectivity index (χ3v) is 5.34. The monoisotopic (exact) mass is 419 g/mol. The van der Waals surface area contributed by atoms with Crippen LogP contribution in [0.25, 0.3) is 0 Å². The Bertz CT molecular complexity index is 968. The number of hydrogen-bond donors (Lipinski definition) is 2. The number of rotatable bonds is 8. The van der Waals surface area contributed by atoms with Crippen LogP contribution in [0, 0.1) is 0 Å². The molecule has 162 valence electrons. The van der Waals surface area contributed by atoms with E-state index in [-0.39, 0.29) is 6.04 Å². The largest absolute Gasteiger partial charge is 0.497 e. The van der Waals surface area contributed by atoms with Crippen LogP contribution in [0.5, 0.6) is 11.5 Å². The Labute approximate surface area is 183 Å². The highest BCUT2D eigenvalue weighted by atomic mass is 16.5. The van der Waals surface area contributed by atoms with E-state index < -0.39 is 0 Å². The van der Waals surface area contributed by atoms with E-state index in [9.17, 15) is 0 Å². The van der Waals surface area contributed by atoms with Gasteiger partial charge in [0, 0.05) is 31.5 Å². The number of guanidine groups is 1. The summed E-state index contributed by atoms with van der Waals surface area (Å²) < 4.78 is 16.5. The summed E-state index contributed by atoms with van der Waals surface area (Å²) in [5.41, 5.74) is 2.42. The van der Waals surface area contributed by atoms with Crippen molar-refractivity contribution >= 4 is 5.96 Å². The van der Waals surface area contributed by atoms with Crippen molar-refractivity contribution in [3.05, 3.63) is 83.8 Å². The highest BCUT2D eigenvalue weighted by Gasteiger charge is 2.21. The molecule has 2 heterocycles. The Kier molecular flexibility index (Phi) is 7.11. The fourth-order valence-electron chi connectivity index (χ4n) is 3.66. The third-order valence-electron chi connectivity index (χ3n) is 5.34. The first-order valence-corrected chi connectivity index (χ1v) is 10.7. The molecule has 0 bridgehead atoms. The molecule has 1 aromatic heterocycles. The Hall–Kier alpha value is -3.41. The lowest BCUT2D eigenvalue weighted by molar-refractivity contribution is 0.261. The Morgan fingerprint density at radius 1 is 1.06 bits per heavy atom. The van der Waals surface area contributed by atoms with E-state index >= 15 is 0 Å². The van der Waals surface area contributed by atoms with Crippen molar-refractivity contribution in [3.8, 4) is 11.5 Å². The van der Waals surface area contributed by atoms with Gasteiger partial charge in [-0.1, -0.05) is 30.3 Å². The van der Waals surface area contributed by atoms with Gasteiger partial charge in [-0.3, -0.25) is 4.99 Å². The molecule has 0 spiro atoms. The minimum atomic E-state index is 0.167. The van der Waals surface area contributed by atoms with Crippen molar-refractivity contribution in [2.45, 2.75) is 25.3 Å². The Balaban J connectivity index is 1.39. The van der Waals surface area contributed by atoms with Gasteiger partial charge in [-0.2, -0.15) is 0 Å². The summed E-state index contributed by atoms with van der Waals surface area (Å²) in [6.45, 7) is 2.13. The molecule has 4 rings (SSSR count). The van der Waals surface area contributed by atoms with Crippen LogP contribution in [0.3, 0.4) is 0 Å². The predicted molar refractivity (Wildman–Crippen MR) is 122 cm³/mol. The first-order chi connectivity index (χ1) is 15.3. The standard InChI is InChI=1S/C25H29N3O3/c1-29-20-10-8-19(9-11-20)12-15-26-25(27-16-13-21-5-4-17-30-21)28-23-14-18-31-24-7-3-2-6-22(23)24/h2-11,17,23H,12-16,18H2,1H3,(H2,26,27,28). The minimum absolute atomic E-state index is 0.167. The molecule has 3 aromatic rings. The minimum Gasteiger partial charge on any atom is -0.497 e. The number of hydrogen-bond acceptors (Lipinski definition) is 4. The van der Waals surface area contributed by atoms with Gasteiger partial charge in [0.05, 0.1) is 26.0 Å². The number of para-hydroxylation sites is 1. The summed E-state index contributed by atoms with van der Waals surface area (Å²) in [5, 5.41) is 7.10. The summed E-state index contributed by atoms with van der Waals surface area (Å²) in [6, 6.07) is 20.4. The number of aliphatic imine (C=N–C) groups is 1. The van der Waals surface area contributed by atoms with E-state index in [0.29, 0.717) is 13.2 Å². The van der Waals surface area contributed by atoms with Gasteiger partial charge in [0.2, 0.25) is 0 Å². The molecule has 2 aromatic carbocycles. The molecular weight excluding hydrogens is 390 g/mol. The zero-order valence-electron chi connectivity index (χ0n) is 17.8. The molecule has 0 saturated carbocycles. The quantitative estimate of drug-likeness (QED) is 0.424. The SMILES string of the molecule is COc1ccc(CCNC(=NCCc2ccco2)NC2CCOc3ccccc32)cc1. The van der Waals surface area contributed by atoms with E-state index in [2.05, 4.69) is 28.8 Å². The molecule has 31 heavy (non-hydrogen) atoms. The average molecular weight is 420 g/mol. The van der Waals surface area contributed by atoms with Crippen LogP contribution in [0.1, 0.15) is 29.3 Å². The smallest absolute Gasteiger partial charge is 0.191 e. The molecule has 1 aliphatic rings. The van der Waals surface area contributed by atoms with E-state index in [4.69, 9.17) is 18.9 Å². The van der Waals surface area contributed by atoms with Gasteiger partial charge in [-0.15, -0.1) is 0 Å². The molecule has 2 N–H and O–H groups in total. The van der Waals surface area contributed by atoms with Crippen LogP contribution in [0.15, 0.2) is 76.3 Å². The molecule has 0 aliphatic carbocycles. The van der Waals surface area contributed by atoms with E-state index in [1.165, 1.54) is 11.1 Å². The Morgan fingerprint density at radius 3 is 2.74 bits per heavy atom. The van der Waals surface area contributed by atoms with Crippen molar-refractivity contribution in [1.29, 1.82) is 0 Å². The number of nitrogens with zero attached hydrogens (tertiary/aromatic N) is 1. The second kappa shape index (κ2) is 10.6. The number of fused-ring (bicyclic) bond motifs is 1. The van der Waals surface area contributed by atoms with Crippen LogP contribution < -0.4 is 20.1 Å². The second-order valence-electron chi connectivity index (χ2n) is 7.46. The first-order valence-electron chi connectivity index (χ1n) is 10.7. The van der Waals surface area contributed by atoms with E-state index in [1.54, 1.807) is 13.4 Å². The topological polar surface area (TPSA) is 68.0 Å². The average Bonchev–Trinajstić information content (AvgIpc) is 3.33. The van der Waals surface area contributed by atoms with E-state index in [1.807, 2.05) is 42.5 Å². The van der Waals surface area contributed by atoms with Crippen molar-refractivity contribution in [2.75, 3.05) is 26.8 Å². The van der Waals surface area contributed by atoms with Gasteiger partial charge in [-0.25, -0.2) is 0 Å². The molecule has 1 atom stereocenters. The van der Waals surface area contributed by atoms with Crippen LogP contribution in [-0.4, -0.2) is 32.8 Å². The normalized spacial score (nSPS) is 15.6. The lowest BCUT2D eigenvalue weighted by Gasteiger charge is -2.28. The number of nitrogens with one attached hydrogen (secondary N) is 2. The fourth-order valence-corrected chi connectivity index (χ4v) is 3.66. The summed E-state index contributed by atoms with van der Waals surface area (Å²) >= 11 is 0. The summed E-state index contributed by atoms with van der Waals surface area (Å²) in [5.74, 6) is 3.57. The zero-order chi connectivity index (χ0) is 21.3. The van der Waals surface area contributed by atoms with Gasteiger partial charge in [0.15, 0.2) is 5.96 Å². The van der Waals surface area contributed by atoms with Crippen molar-refractivity contribution in [2.24, 2.45) is 4.99 Å². The van der Waals surface area contributed by atoms with Crippen LogP contribution in [-0.2, 0) is 12.8 Å². The third kappa shape index (κ3) is 5.81. The fraction of sp³-hybridized carbons (Fsp3) is 0.320. The molecule has 0 amide bonds. The van der Waals surface area contributed by atoms with Gasteiger partial charge in [0.25, 0.3) is 0 Å². The van der Waals surface area contributed by atoms with Crippen LogP contribution >= 0.6 is 0 Å². The number of methoxy groups -OCH3 is 1. The van der Waals surface area contributed by atoms with Crippen molar-refractivity contribution in [1.82, 2.24) is 10.6 Å². The molecule has 6 nitrogen and oxygen atoms in total. The van der Waals surface area contributed by atoms with Gasteiger partial charge >= 0.3 is 0 Å². The summed E-state index contributed by atoms with van der Waals surface area (Å²) in [4.78, 5) is 4.80. The molecule has 0 fully saturated rings. The number of ether oxygens (including phenoxy) is 2. The predicted octanol–water partition coefficient (Wildman–Crippen LogP) is 4.13. The Morgan fingerprint density at radius 2 is 1.94 bits per heavy atom. The second-order valence-corrected chi connectivity index (χ2v) is 7.46. The van der Waals surface area contributed by atoms with Crippen molar-refractivity contribution in [3.63, 3.8) is 0 Å². The molecule has 0 radical (unpaired) electrons. The van der Waals surface area contributed by atoms with Crippen molar-refractivity contribution < 1.29 is 13.9 Å². The molecule has 0 saturated heterocycles. The highest BCUT2D eigenvalue weighted by Crippen LogP contribution is 2.31. The maximum atomic E-state index is 5.80. The van der Waals surface area contributed by atoms with Gasteiger partial charge in [-0.05, 0) is 42.3 Å². The van der Waals surface area contributed by atoms with Crippen LogP contribution in [0.4, 0.5) is 0 Å². The maximum Gasteiger partial charge on any atom is 0.191 e. The van der Waals surface area contributed by atoms with Crippen LogP contribution in [0.2, 0.25) is 0 Å².